The van der Waals surface area contributed by atoms with Crippen LogP contribution in [0.5, 0.6) is 5.75 Å². The normalized spacial score (nSPS) is 12.1. The fourth-order valence-corrected chi connectivity index (χ4v) is 11.1. The molecule has 8 bridgehead atoms. The maximum atomic E-state index is 12.9. The van der Waals surface area contributed by atoms with E-state index in [1.54, 1.807) is 11.3 Å². The molecule has 8 aromatic carbocycles. The van der Waals surface area contributed by atoms with Gasteiger partial charge in [0.05, 0.1) is 16.9 Å². The third-order valence-electron chi connectivity index (χ3n) is 13.5. The Morgan fingerprint density at radius 3 is 1.86 bits per heavy atom. The Kier molecular flexibility index (Phi) is 10.9. The van der Waals surface area contributed by atoms with Gasteiger partial charge in [0.25, 0.3) is 0 Å². The first-order chi connectivity index (χ1) is 34.2. The van der Waals surface area contributed by atoms with Crippen molar-refractivity contribution in [3.8, 4) is 77.9 Å². The molecule has 0 fully saturated rings. The molecule has 0 saturated heterocycles. The quantitative estimate of drug-likeness (QED) is 0.174. The molecule has 5 heterocycles. The summed E-state index contributed by atoms with van der Waals surface area (Å²) in [7, 11) is 0. The van der Waals surface area contributed by atoms with E-state index in [2.05, 4.69) is 200 Å². The number of phenols is 1. The first-order valence-electron chi connectivity index (χ1n) is 23.6. The third-order valence-corrected chi connectivity index (χ3v) is 14.7. The number of phenolic OH excluding ortho intramolecular Hbond substituents is 1. The van der Waals surface area contributed by atoms with E-state index in [1.165, 1.54) is 0 Å². The summed E-state index contributed by atoms with van der Waals surface area (Å²) in [5, 5.41) is 15.8. The zero-order chi connectivity index (χ0) is 47.1. The van der Waals surface area contributed by atoms with E-state index in [-0.39, 0.29) is 32.2 Å². The second-order valence-corrected chi connectivity index (χ2v) is 19.9. The number of aromatic hydroxyl groups is 1. The van der Waals surface area contributed by atoms with Crippen molar-refractivity contribution >= 4 is 60.7 Å². The van der Waals surface area contributed by atoms with Gasteiger partial charge in [0.2, 0.25) is 0 Å². The maximum Gasteiger partial charge on any atom is 0.149 e. The number of hydrogen-bond acceptors (Lipinski definition) is 6. The van der Waals surface area contributed by atoms with Gasteiger partial charge in [0.15, 0.2) is 0 Å². The second kappa shape index (κ2) is 17.5. The van der Waals surface area contributed by atoms with Crippen molar-refractivity contribution in [2.24, 2.45) is 0 Å². The van der Waals surface area contributed by atoms with Crippen molar-refractivity contribution in [1.29, 1.82) is 0 Å². The van der Waals surface area contributed by atoms with E-state index in [0.29, 0.717) is 22.8 Å². The smallest absolute Gasteiger partial charge is 0.149 e. The Bertz CT molecular complexity index is 3940. The van der Waals surface area contributed by atoms with Crippen LogP contribution in [0.2, 0.25) is 0 Å². The number of pyridine rings is 2. The number of thiazole rings is 1. The fraction of sp³-hybridized carbons (Fsp3) is 0.0635. The van der Waals surface area contributed by atoms with Gasteiger partial charge in [-0.25, -0.2) is 4.98 Å². The summed E-state index contributed by atoms with van der Waals surface area (Å²) in [5.74, 6) is 0.802. The average molecular weight is 1110 g/mol. The predicted molar refractivity (Wildman–Crippen MR) is 290 cm³/mol. The van der Waals surface area contributed by atoms with Crippen LogP contribution in [-0.4, -0.2) is 24.6 Å². The molecular formula is C63H44N5OPtS-. The summed E-state index contributed by atoms with van der Waals surface area (Å²) in [4.78, 5) is 18.5. The Morgan fingerprint density at radius 1 is 0.535 bits per heavy atom. The number of rotatable bonds is 5. The van der Waals surface area contributed by atoms with Crippen LogP contribution >= 0.6 is 11.3 Å². The molecule has 4 aromatic heterocycles. The molecule has 1 aliphatic rings. The molecule has 8 heteroatoms. The van der Waals surface area contributed by atoms with Crippen LogP contribution in [0.4, 0.5) is 17.2 Å². The van der Waals surface area contributed by atoms with Gasteiger partial charge in [-0.2, -0.15) is 11.3 Å². The first kappa shape index (κ1) is 44.3. The zero-order valence-electron chi connectivity index (χ0n) is 39.0. The summed E-state index contributed by atoms with van der Waals surface area (Å²) in [6.07, 6.45) is 0. The first-order valence-corrected chi connectivity index (χ1v) is 24.4. The Hall–Kier alpha value is -7.96. The van der Waals surface area contributed by atoms with Crippen LogP contribution in [0.3, 0.4) is 0 Å². The van der Waals surface area contributed by atoms with E-state index in [4.69, 9.17) is 15.0 Å². The third kappa shape index (κ3) is 7.56. The van der Waals surface area contributed by atoms with Crippen molar-refractivity contribution < 1.29 is 26.2 Å². The second-order valence-electron chi connectivity index (χ2n) is 18.9. The molecule has 0 aliphatic carbocycles. The van der Waals surface area contributed by atoms with Crippen molar-refractivity contribution in [2.45, 2.75) is 26.2 Å². The number of nitrogens with zero attached hydrogens (tertiary/aromatic N) is 5. The van der Waals surface area contributed by atoms with Crippen molar-refractivity contribution in [2.75, 3.05) is 4.90 Å². The zero-order valence-corrected chi connectivity index (χ0v) is 42.1. The molecule has 0 amide bonds. The number of para-hydroxylation sites is 1. The average Bonchev–Trinajstić information content (AvgIpc) is 3.98. The number of aromatic nitrogens is 4. The maximum absolute atomic E-state index is 12.9. The fourth-order valence-electron chi connectivity index (χ4n) is 10.1. The van der Waals surface area contributed by atoms with Crippen LogP contribution in [0.15, 0.2) is 206 Å². The monoisotopic (exact) mass is 1110 g/mol. The number of anilines is 3. The molecule has 71 heavy (non-hydrogen) atoms. The molecule has 0 unspecified atom stereocenters. The molecule has 13 rings (SSSR count). The molecule has 12 aromatic rings. The van der Waals surface area contributed by atoms with Gasteiger partial charge in [-0.3, -0.25) is 14.5 Å². The summed E-state index contributed by atoms with van der Waals surface area (Å²) >= 11 is 1.64. The van der Waals surface area contributed by atoms with Gasteiger partial charge in [0.1, 0.15) is 22.2 Å². The van der Waals surface area contributed by atoms with E-state index < -0.39 is 0 Å². The van der Waals surface area contributed by atoms with E-state index >= 15 is 0 Å². The predicted octanol–water partition coefficient (Wildman–Crippen LogP) is 16.8. The Labute approximate surface area is 430 Å². The number of fused-ring (bicyclic) bond motifs is 15. The van der Waals surface area contributed by atoms with Crippen LogP contribution in [-0.2, 0) is 26.5 Å². The molecule has 344 valence electrons. The molecule has 1 aliphatic heterocycles. The molecular weight excluding hydrogens is 1070 g/mol. The van der Waals surface area contributed by atoms with Gasteiger partial charge in [-0.05, 0) is 109 Å². The van der Waals surface area contributed by atoms with Crippen molar-refractivity contribution in [1.82, 2.24) is 19.5 Å². The van der Waals surface area contributed by atoms with Crippen LogP contribution in [0, 0.1) is 6.07 Å². The minimum atomic E-state index is -0.281. The number of benzene rings is 8. The Morgan fingerprint density at radius 2 is 1.18 bits per heavy atom. The summed E-state index contributed by atoms with van der Waals surface area (Å²) in [6.45, 7) is 6.63. The van der Waals surface area contributed by atoms with Gasteiger partial charge in [0, 0.05) is 54.2 Å². The van der Waals surface area contributed by atoms with Gasteiger partial charge in [-0.15, -0.1) is 11.6 Å². The van der Waals surface area contributed by atoms with E-state index in [0.717, 1.165) is 104 Å². The molecule has 0 spiro atoms. The van der Waals surface area contributed by atoms with E-state index in [1.807, 2.05) is 42.5 Å². The minimum absolute atomic E-state index is 0. The van der Waals surface area contributed by atoms with Crippen LogP contribution in [0.25, 0.3) is 104 Å². The standard InChI is InChI=1S/C63H44N5OS.Pt/c1-63(2,3)43-35-50-52-28-17-29-57(64-52)67(44-24-14-7-15-25-44)45-37-51(60-54(38-45)66-62(70-60)41-22-12-6-13-23-41)53-32-31-48-49-34-42(30-33-55(49)68(61(48)65-53)56(36-43)59(50)69)58-46(39-18-8-4-9-19-39)26-16-27-47(58)40-20-10-5-11-21-40;/h4-36,38,69H,1-3H3;/q-1;. The summed E-state index contributed by atoms with van der Waals surface area (Å²) < 4.78 is 3.13. The summed E-state index contributed by atoms with van der Waals surface area (Å²) in [5.41, 5.74) is 16.3. The largest absolute Gasteiger partial charge is 0.505 e. The minimum Gasteiger partial charge on any atom is -0.505 e. The molecule has 1 N–H and O–H groups in total. The summed E-state index contributed by atoms with van der Waals surface area (Å²) in [6, 6.07) is 75.8. The SMILES string of the molecule is CC(C)(C)c1cc2c(O)c(c1)-n1c3ccc(-c4c(-c5ccccc5)cccc4-c4ccccc4)cc3c3ccc(nc31)-c1[c-]c(cc3nc(-c4ccccc4)sc13)N(c1ccccc1)c1cccc-2n1.[Pt]. The van der Waals surface area contributed by atoms with Crippen LogP contribution < -0.4 is 4.90 Å². The molecule has 0 radical (unpaired) electrons. The number of hydrogen-bond donors (Lipinski definition) is 1. The molecule has 6 nitrogen and oxygen atoms in total. The van der Waals surface area contributed by atoms with E-state index in [9.17, 15) is 5.11 Å². The Balaban J connectivity index is 0.00000517. The molecule has 0 saturated carbocycles. The topological polar surface area (TPSA) is 67.1 Å². The van der Waals surface area contributed by atoms with Crippen LogP contribution in [0.1, 0.15) is 26.3 Å². The molecule has 0 atom stereocenters. The van der Waals surface area contributed by atoms with Gasteiger partial charge < -0.3 is 10.0 Å². The van der Waals surface area contributed by atoms with Crippen molar-refractivity contribution in [3.63, 3.8) is 0 Å². The van der Waals surface area contributed by atoms with Gasteiger partial charge in [-0.1, -0.05) is 178 Å². The van der Waals surface area contributed by atoms with Gasteiger partial charge >= 0.3 is 0 Å². The van der Waals surface area contributed by atoms with Crippen molar-refractivity contribution in [3.05, 3.63) is 218 Å².